The van der Waals surface area contributed by atoms with Crippen LogP contribution in [0.2, 0.25) is 0 Å². The molecule has 0 bridgehead atoms. The quantitative estimate of drug-likeness (QED) is 0.383. The number of anilines is 1. The van der Waals surface area contributed by atoms with E-state index >= 15 is 0 Å². The van der Waals surface area contributed by atoms with Crippen LogP contribution >= 0.6 is 15.9 Å². The predicted molar refractivity (Wildman–Crippen MR) is 151 cm³/mol. The van der Waals surface area contributed by atoms with Crippen LogP contribution < -0.4 is 14.4 Å². The first-order valence-electron chi connectivity index (χ1n) is 12.3. The zero-order chi connectivity index (χ0) is 27.8. The van der Waals surface area contributed by atoms with Crippen molar-refractivity contribution in [3.63, 3.8) is 0 Å². The van der Waals surface area contributed by atoms with E-state index in [0.717, 1.165) is 16.3 Å². The number of hydrogen-bond donors (Lipinski definition) is 1. The topological polar surface area (TPSA) is 96.0 Å². The molecule has 37 heavy (non-hydrogen) atoms. The van der Waals surface area contributed by atoms with Gasteiger partial charge in [0.05, 0.1) is 18.6 Å². The van der Waals surface area contributed by atoms with Crippen LogP contribution in [-0.4, -0.2) is 56.1 Å². The van der Waals surface area contributed by atoms with Crippen LogP contribution in [0.5, 0.6) is 5.75 Å². The van der Waals surface area contributed by atoms with E-state index in [-0.39, 0.29) is 37.7 Å². The third kappa shape index (κ3) is 9.66. The first-order valence-corrected chi connectivity index (χ1v) is 14.9. The highest BCUT2D eigenvalue weighted by Gasteiger charge is 2.29. The van der Waals surface area contributed by atoms with Crippen LogP contribution in [0.1, 0.15) is 53.0 Å². The molecule has 204 valence electrons. The Morgan fingerprint density at radius 3 is 2.38 bits per heavy atom. The molecule has 2 aromatic carbocycles. The minimum absolute atomic E-state index is 0.0734. The minimum atomic E-state index is -3.62. The van der Waals surface area contributed by atoms with Crippen molar-refractivity contribution >= 4 is 43.5 Å². The largest absolute Gasteiger partial charge is 0.492 e. The lowest BCUT2D eigenvalue weighted by Gasteiger charge is -2.32. The highest BCUT2D eigenvalue weighted by Crippen LogP contribution is 2.30. The fourth-order valence-corrected chi connectivity index (χ4v) is 5.23. The number of rotatable bonds is 12. The second-order valence-electron chi connectivity index (χ2n) is 9.91. The zero-order valence-corrected chi connectivity index (χ0v) is 24.9. The fraction of sp³-hybridized carbons (Fsp3) is 0.481. The number of nitrogens with zero attached hydrogens (tertiary/aromatic N) is 2. The standard InChI is InChI=1S/C27H38BrN3O5S/c1-7-36-24-15-9-8-14-23(24)31(37(6,34)35)17-11-16-25(32)30(19-21-12-10-13-22(28)18-21)20(2)26(33)29-27(3,4)5/h8-10,12-15,18,20H,7,11,16-17,19H2,1-6H3,(H,29,33)/t20-/m1/s1. The van der Waals surface area contributed by atoms with E-state index in [1.54, 1.807) is 36.1 Å². The number of carbonyl (C=O) groups is 2. The third-order valence-corrected chi connectivity index (χ3v) is 7.17. The molecule has 0 aliphatic carbocycles. The number of benzene rings is 2. The Bertz CT molecular complexity index is 1180. The van der Waals surface area contributed by atoms with E-state index in [1.165, 1.54) is 4.31 Å². The molecule has 0 heterocycles. The van der Waals surface area contributed by atoms with Crippen molar-refractivity contribution in [2.45, 2.75) is 65.6 Å². The molecule has 0 radical (unpaired) electrons. The van der Waals surface area contributed by atoms with Gasteiger partial charge >= 0.3 is 0 Å². The van der Waals surface area contributed by atoms with Crippen molar-refractivity contribution in [3.05, 3.63) is 58.6 Å². The van der Waals surface area contributed by atoms with Crippen LogP contribution in [0.3, 0.4) is 0 Å². The molecule has 0 aliphatic heterocycles. The van der Waals surface area contributed by atoms with Crippen LogP contribution in [0, 0.1) is 0 Å². The number of sulfonamides is 1. The van der Waals surface area contributed by atoms with E-state index in [2.05, 4.69) is 21.2 Å². The van der Waals surface area contributed by atoms with Crippen molar-refractivity contribution in [3.8, 4) is 5.75 Å². The molecule has 1 atom stereocenters. The second-order valence-corrected chi connectivity index (χ2v) is 12.7. The number of hydrogen-bond acceptors (Lipinski definition) is 5. The lowest BCUT2D eigenvalue weighted by molar-refractivity contribution is -0.141. The number of amides is 2. The third-order valence-electron chi connectivity index (χ3n) is 5.49. The summed E-state index contributed by atoms with van der Waals surface area (Å²) < 4.78 is 33.0. The summed E-state index contributed by atoms with van der Waals surface area (Å²) in [7, 11) is -3.62. The van der Waals surface area contributed by atoms with Gasteiger partial charge in [0.2, 0.25) is 21.8 Å². The van der Waals surface area contributed by atoms with Gasteiger partial charge in [-0.2, -0.15) is 0 Å². The summed E-state index contributed by atoms with van der Waals surface area (Å²) >= 11 is 3.45. The maximum Gasteiger partial charge on any atom is 0.242 e. The maximum absolute atomic E-state index is 13.4. The molecule has 0 saturated heterocycles. The molecule has 0 aliphatic rings. The summed E-state index contributed by atoms with van der Waals surface area (Å²) in [5.74, 6) is -0.0205. The van der Waals surface area contributed by atoms with Gasteiger partial charge in [-0.1, -0.05) is 40.2 Å². The molecule has 0 unspecified atom stereocenters. The molecule has 2 rings (SSSR count). The van der Waals surface area contributed by atoms with Crippen LogP contribution in [0.4, 0.5) is 5.69 Å². The number of para-hydroxylation sites is 2. The van der Waals surface area contributed by atoms with E-state index in [0.29, 0.717) is 18.0 Å². The smallest absolute Gasteiger partial charge is 0.242 e. The van der Waals surface area contributed by atoms with Crippen molar-refractivity contribution in [2.75, 3.05) is 23.7 Å². The number of halogens is 1. The average molecular weight is 597 g/mol. The molecule has 0 fully saturated rings. The Morgan fingerprint density at radius 2 is 1.78 bits per heavy atom. The van der Waals surface area contributed by atoms with Gasteiger partial charge in [0.25, 0.3) is 0 Å². The van der Waals surface area contributed by atoms with Crippen LogP contribution in [0.25, 0.3) is 0 Å². The van der Waals surface area contributed by atoms with E-state index < -0.39 is 21.6 Å². The second kappa shape index (κ2) is 13.3. The minimum Gasteiger partial charge on any atom is -0.492 e. The summed E-state index contributed by atoms with van der Waals surface area (Å²) in [6.45, 7) is 9.94. The monoisotopic (exact) mass is 595 g/mol. The molecule has 0 spiro atoms. The van der Waals surface area contributed by atoms with E-state index in [9.17, 15) is 18.0 Å². The first-order chi connectivity index (χ1) is 17.2. The Balaban J connectivity index is 2.23. The molecule has 0 aromatic heterocycles. The molecule has 2 amide bonds. The highest BCUT2D eigenvalue weighted by atomic mass is 79.9. The van der Waals surface area contributed by atoms with Gasteiger partial charge in [-0.05, 0) is 70.9 Å². The lowest BCUT2D eigenvalue weighted by Crippen LogP contribution is -2.52. The Kier molecular flexibility index (Phi) is 11.0. The summed E-state index contributed by atoms with van der Waals surface area (Å²) in [5.41, 5.74) is 0.865. The molecule has 8 nitrogen and oxygen atoms in total. The van der Waals surface area contributed by atoms with Crippen LogP contribution in [0.15, 0.2) is 53.0 Å². The zero-order valence-electron chi connectivity index (χ0n) is 22.5. The van der Waals surface area contributed by atoms with Gasteiger partial charge in [0, 0.05) is 29.5 Å². The molecule has 10 heteroatoms. The van der Waals surface area contributed by atoms with Gasteiger partial charge in [0.15, 0.2) is 0 Å². The maximum atomic E-state index is 13.4. The number of ether oxygens (including phenoxy) is 1. The van der Waals surface area contributed by atoms with Crippen molar-refractivity contribution in [1.29, 1.82) is 0 Å². The normalized spacial score (nSPS) is 12.5. The van der Waals surface area contributed by atoms with Gasteiger partial charge < -0.3 is 15.0 Å². The van der Waals surface area contributed by atoms with Gasteiger partial charge in [0.1, 0.15) is 11.8 Å². The SMILES string of the molecule is CCOc1ccccc1N(CCCC(=O)N(Cc1cccc(Br)c1)[C@H](C)C(=O)NC(C)(C)C)S(C)(=O)=O. The summed E-state index contributed by atoms with van der Waals surface area (Å²) in [6.07, 6.45) is 1.48. The molecule has 0 saturated carbocycles. The Morgan fingerprint density at radius 1 is 1.11 bits per heavy atom. The lowest BCUT2D eigenvalue weighted by atomic mass is 10.1. The summed E-state index contributed by atoms with van der Waals surface area (Å²) in [5, 5.41) is 2.94. The highest BCUT2D eigenvalue weighted by molar-refractivity contribution is 9.10. The van der Waals surface area contributed by atoms with Gasteiger partial charge in [-0.25, -0.2) is 8.42 Å². The average Bonchev–Trinajstić information content (AvgIpc) is 2.78. The van der Waals surface area contributed by atoms with Crippen molar-refractivity contribution < 1.29 is 22.7 Å². The van der Waals surface area contributed by atoms with Crippen molar-refractivity contribution in [2.24, 2.45) is 0 Å². The summed E-state index contributed by atoms with van der Waals surface area (Å²) in [4.78, 5) is 27.9. The van der Waals surface area contributed by atoms with E-state index in [4.69, 9.17) is 4.74 Å². The molecule has 1 N–H and O–H groups in total. The first kappa shape index (κ1) is 30.6. The van der Waals surface area contributed by atoms with Crippen molar-refractivity contribution in [1.82, 2.24) is 10.2 Å². The fourth-order valence-electron chi connectivity index (χ4n) is 3.81. The predicted octanol–water partition coefficient (Wildman–Crippen LogP) is 4.73. The molecular weight excluding hydrogens is 558 g/mol. The molecular formula is C27H38BrN3O5S. The van der Waals surface area contributed by atoms with Gasteiger partial charge in [-0.15, -0.1) is 0 Å². The van der Waals surface area contributed by atoms with E-state index in [1.807, 2.05) is 52.0 Å². The Labute approximate surface area is 229 Å². The molecule has 2 aromatic rings. The summed E-state index contributed by atoms with van der Waals surface area (Å²) in [6, 6.07) is 13.8. The Hall–Kier alpha value is -2.59. The van der Waals surface area contributed by atoms with Gasteiger partial charge in [-0.3, -0.25) is 13.9 Å². The number of nitrogens with one attached hydrogen (secondary N) is 1. The van der Waals surface area contributed by atoms with Crippen LogP contribution in [-0.2, 0) is 26.2 Å². The number of carbonyl (C=O) groups excluding carboxylic acids is 2.